The van der Waals surface area contributed by atoms with Crippen molar-refractivity contribution in [3.8, 4) is 0 Å². The Labute approximate surface area is 123 Å². The lowest BCUT2D eigenvalue weighted by Gasteiger charge is -2.19. The Morgan fingerprint density at radius 2 is 2.00 bits per heavy atom. The standard InChI is InChI=1S/C13H21N5O3/c1-13(2,3)9-6-8(7-10(17-9)18-15)11(19)16-4-5-21-12(14)20/h6-7H,4-5,15H2,1-3H3,(H2,14,20)(H,16,19)(H,17,18). The molecule has 0 bridgehead atoms. The number of amides is 2. The zero-order chi connectivity index (χ0) is 16.0. The van der Waals surface area contributed by atoms with Gasteiger partial charge in [0.25, 0.3) is 5.91 Å². The van der Waals surface area contributed by atoms with E-state index >= 15 is 0 Å². The van der Waals surface area contributed by atoms with Crippen molar-refractivity contribution in [3.05, 3.63) is 23.4 Å². The largest absolute Gasteiger partial charge is 0.448 e. The highest BCUT2D eigenvalue weighted by atomic mass is 16.5. The molecule has 0 aliphatic carbocycles. The number of nitrogen functional groups attached to an aromatic ring is 1. The van der Waals surface area contributed by atoms with Crippen LogP contribution in [0.25, 0.3) is 0 Å². The van der Waals surface area contributed by atoms with E-state index in [0.717, 1.165) is 5.69 Å². The summed E-state index contributed by atoms with van der Waals surface area (Å²) >= 11 is 0. The topological polar surface area (TPSA) is 132 Å². The maximum atomic E-state index is 12.1. The van der Waals surface area contributed by atoms with Crippen molar-refractivity contribution in [1.29, 1.82) is 0 Å². The summed E-state index contributed by atoms with van der Waals surface area (Å²) in [5.74, 6) is 5.46. The third kappa shape index (κ3) is 5.27. The van der Waals surface area contributed by atoms with Gasteiger partial charge in [0.15, 0.2) is 0 Å². The van der Waals surface area contributed by atoms with Gasteiger partial charge in [-0.2, -0.15) is 0 Å². The summed E-state index contributed by atoms with van der Waals surface area (Å²) in [4.78, 5) is 26.8. The van der Waals surface area contributed by atoms with Crippen LogP contribution in [0.15, 0.2) is 12.1 Å². The maximum Gasteiger partial charge on any atom is 0.404 e. The molecule has 0 saturated heterocycles. The van der Waals surface area contributed by atoms with E-state index in [2.05, 4.69) is 20.5 Å². The summed E-state index contributed by atoms with van der Waals surface area (Å²) in [5.41, 5.74) is 8.19. The summed E-state index contributed by atoms with van der Waals surface area (Å²) in [7, 11) is 0. The first kappa shape index (κ1) is 16.7. The van der Waals surface area contributed by atoms with Gasteiger partial charge in [-0.1, -0.05) is 20.8 Å². The second kappa shape index (κ2) is 6.89. The molecule has 0 aromatic carbocycles. The Kier molecular flexibility index (Phi) is 5.48. The molecule has 2 amide bonds. The highest BCUT2D eigenvalue weighted by molar-refractivity contribution is 5.95. The molecule has 0 fully saturated rings. The van der Waals surface area contributed by atoms with Gasteiger partial charge in [0.1, 0.15) is 12.4 Å². The van der Waals surface area contributed by atoms with Crippen molar-refractivity contribution in [1.82, 2.24) is 10.3 Å². The Balaban J connectivity index is 2.81. The van der Waals surface area contributed by atoms with E-state index in [-0.39, 0.29) is 24.5 Å². The first-order chi connectivity index (χ1) is 9.74. The number of carbonyl (C=O) groups excluding carboxylic acids is 2. The normalized spacial score (nSPS) is 10.9. The third-order valence-electron chi connectivity index (χ3n) is 2.64. The van der Waals surface area contributed by atoms with Gasteiger partial charge in [0.05, 0.1) is 6.54 Å². The molecule has 6 N–H and O–H groups in total. The lowest BCUT2D eigenvalue weighted by atomic mass is 9.90. The number of anilines is 1. The van der Waals surface area contributed by atoms with Crippen molar-refractivity contribution >= 4 is 17.8 Å². The van der Waals surface area contributed by atoms with Crippen molar-refractivity contribution < 1.29 is 14.3 Å². The quantitative estimate of drug-likeness (QED) is 0.355. The molecule has 0 radical (unpaired) electrons. The second-order valence-electron chi connectivity index (χ2n) is 5.44. The molecule has 8 heteroatoms. The van der Waals surface area contributed by atoms with Crippen LogP contribution in [-0.4, -0.2) is 30.1 Å². The smallest absolute Gasteiger partial charge is 0.404 e. The fourth-order valence-electron chi connectivity index (χ4n) is 1.54. The first-order valence-electron chi connectivity index (χ1n) is 6.43. The van der Waals surface area contributed by atoms with Gasteiger partial charge >= 0.3 is 6.09 Å². The average Bonchev–Trinajstić information content (AvgIpc) is 2.41. The predicted octanol–water partition coefficient (Wildman–Crippen LogP) is 0.490. The van der Waals surface area contributed by atoms with Crippen molar-refractivity contribution in [2.45, 2.75) is 26.2 Å². The van der Waals surface area contributed by atoms with E-state index in [0.29, 0.717) is 11.4 Å². The minimum atomic E-state index is -0.877. The molecule has 1 aromatic rings. The highest BCUT2D eigenvalue weighted by Crippen LogP contribution is 2.23. The van der Waals surface area contributed by atoms with Crippen LogP contribution < -0.4 is 22.3 Å². The summed E-state index contributed by atoms with van der Waals surface area (Å²) in [6, 6.07) is 3.24. The molecular formula is C13H21N5O3. The van der Waals surface area contributed by atoms with E-state index in [9.17, 15) is 9.59 Å². The second-order valence-corrected chi connectivity index (χ2v) is 5.44. The molecule has 1 heterocycles. The molecule has 1 aromatic heterocycles. The number of ether oxygens (including phenoxy) is 1. The van der Waals surface area contributed by atoms with Crippen molar-refractivity contribution in [3.63, 3.8) is 0 Å². The predicted molar refractivity (Wildman–Crippen MR) is 78.6 cm³/mol. The Morgan fingerprint density at radius 3 is 2.52 bits per heavy atom. The molecule has 0 saturated carbocycles. The van der Waals surface area contributed by atoms with Gasteiger partial charge in [-0.15, -0.1) is 0 Å². The molecule has 0 atom stereocenters. The van der Waals surface area contributed by atoms with Crippen LogP contribution in [0.1, 0.15) is 36.8 Å². The maximum absolute atomic E-state index is 12.1. The van der Waals surface area contributed by atoms with Gasteiger partial charge in [0, 0.05) is 16.7 Å². The molecule has 0 aliphatic rings. The van der Waals surface area contributed by atoms with Crippen LogP contribution in [0.4, 0.5) is 10.6 Å². The van der Waals surface area contributed by atoms with Crippen LogP contribution in [0.2, 0.25) is 0 Å². The number of rotatable bonds is 5. The van der Waals surface area contributed by atoms with E-state index in [1.165, 1.54) is 0 Å². The lowest BCUT2D eigenvalue weighted by molar-refractivity contribution is 0.0936. The van der Waals surface area contributed by atoms with Crippen molar-refractivity contribution in [2.75, 3.05) is 18.6 Å². The number of hydrogen-bond donors (Lipinski definition) is 4. The van der Waals surface area contributed by atoms with Crippen LogP contribution >= 0.6 is 0 Å². The number of nitrogens with one attached hydrogen (secondary N) is 2. The van der Waals surface area contributed by atoms with Crippen LogP contribution in [0, 0.1) is 0 Å². The fourth-order valence-corrected chi connectivity index (χ4v) is 1.54. The van der Waals surface area contributed by atoms with Gasteiger partial charge in [-0.3, -0.25) is 4.79 Å². The van der Waals surface area contributed by atoms with Crippen LogP contribution in [0.3, 0.4) is 0 Å². The van der Waals surface area contributed by atoms with Gasteiger partial charge in [0.2, 0.25) is 0 Å². The number of nitrogens with zero attached hydrogens (tertiary/aromatic N) is 1. The zero-order valence-corrected chi connectivity index (χ0v) is 12.4. The first-order valence-corrected chi connectivity index (χ1v) is 6.43. The number of aromatic nitrogens is 1. The number of hydrazine groups is 1. The Morgan fingerprint density at radius 1 is 1.33 bits per heavy atom. The number of carbonyl (C=O) groups is 2. The van der Waals surface area contributed by atoms with Crippen LogP contribution in [-0.2, 0) is 10.2 Å². The Bertz CT molecular complexity index is 525. The van der Waals surface area contributed by atoms with Gasteiger partial charge in [-0.05, 0) is 12.1 Å². The van der Waals surface area contributed by atoms with Gasteiger partial charge < -0.3 is 21.2 Å². The van der Waals surface area contributed by atoms with E-state index in [4.69, 9.17) is 11.6 Å². The number of primary amides is 1. The molecule has 21 heavy (non-hydrogen) atoms. The minimum absolute atomic E-state index is 0.0142. The zero-order valence-electron chi connectivity index (χ0n) is 12.4. The highest BCUT2D eigenvalue weighted by Gasteiger charge is 2.19. The fraction of sp³-hybridized carbons (Fsp3) is 0.462. The third-order valence-corrected chi connectivity index (χ3v) is 2.64. The number of pyridine rings is 1. The molecule has 8 nitrogen and oxygen atoms in total. The average molecular weight is 295 g/mol. The molecule has 1 rings (SSSR count). The minimum Gasteiger partial charge on any atom is -0.448 e. The molecular weight excluding hydrogens is 274 g/mol. The summed E-state index contributed by atoms with van der Waals surface area (Å²) in [6.45, 7) is 6.13. The van der Waals surface area contributed by atoms with E-state index < -0.39 is 6.09 Å². The summed E-state index contributed by atoms with van der Waals surface area (Å²) in [5, 5.41) is 2.62. The van der Waals surface area contributed by atoms with Gasteiger partial charge in [-0.25, -0.2) is 15.6 Å². The monoisotopic (exact) mass is 295 g/mol. The molecule has 0 spiro atoms. The van der Waals surface area contributed by atoms with Crippen LogP contribution in [0.5, 0.6) is 0 Å². The van der Waals surface area contributed by atoms with Crippen molar-refractivity contribution in [2.24, 2.45) is 11.6 Å². The lowest BCUT2D eigenvalue weighted by Crippen LogP contribution is -2.29. The molecule has 0 aliphatic heterocycles. The number of hydrogen-bond acceptors (Lipinski definition) is 6. The van der Waals surface area contributed by atoms with E-state index in [1.807, 2.05) is 20.8 Å². The molecule has 116 valence electrons. The van der Waals surface area contributed by atoms with E-state index in [1.54, 1.807) is 12.1 Å². The Hall–Kier alpha value is -2.35. The summed E-state index contributed by atoms with van der Waals surface area (Å²) in [6.07, 6.45) is -0.877. The number of nitrogens with two attached hydrogens (primary N) is 2. The molecule has 0 unspecified atom stereocenters. The summed E-state index contributed by atoms with van der Waals surface area (Å²) < 4.78 is 4.53. The SMILES string of the molecule is CC(C)(C)c1cc(C(=O)NCCOC(N)=O)cc(NN)n1.